The number of pyridine rings is 1. The number of aromatic nitrogens is 2. The molecule has 0 bridgehead atoms. The Hall–Kier alpha value is -2.33. The van der Waals surface area contributed by atoms with Gasteiger partial charge < -0.3 is 10.3 Å². The van der Waals surface area contributed by atoms with Crippen LogP contribution in [0.2, 0.25) is 5.15 Å². The number of halogens is 1. The van der Waals surface area contributed by atoms with Crippen molar-refractivity contribution >= 4 is 34.1 Å². The molecule has 0 saturated heterocycles. The fourth-order valence-electron chi connectivity index (χ4n) is 1.86. The van der Waals surface area contributed by atoms with Crippen LogP contribution in [-0.4, -0.2) is 15.9 Å². The van der Waals surface area contributed by atoms with Gasteiger partial charge in [0.2, 0.25) is 0 Å². The molecule has 2 aromatic heterocycles. The molecule has 0 unspecified atom stereocenters. The summed E-state index contributed by atoms with van der Waals surface area (Å²) in [6, 6.07) is 12.9. The van der Waals surface area contributed by atoms with Crippen molar-refractivity contribution in [3.63, 3.8) is 0 Å². The molecule has 1 amide bonds. The molecule has 0 aliphatic rings. The van der Waals surface area contributed by atoms with E-state index in [1.54, 1.807) is 24.4 Å². The highest BCUT2D eigenvalue weighted by molar-refractivity contribution is 6.32. The van der Waals surface area contributed by atoms with Gasteiger partial charge in [0, 0.05) is 17.1 Å². The molecule has 0 aliphatic heterocycles. The second kappa shape index (κ2) is 4.74. The van der Waals surface area contributed by atoms with E-state index in [1.807, 2.05) is 24.3 Å². The number of fused-ring (bicyclic) bond motifs is 1. The van der Waals surface area contributed by atoms with Crippen molar-refractivity contribution in [1.29, 1.82) is 0 Å². The number of H-pyrrole nitrogens is 1. The van der Waals surface area contributed by atoms with Crippen LogP contribution in [0, 0.1) is 0 Å². The minimum atomic E-state index is -0.244. The van der Waals surface area contributed by atoms with Crippen LogP contribution in [-0.2, 0) is 0 Å². The second-order valence-electron chi connectivity index (χ2n) is 4.07. The van der Waals surface area contributed by atoms with E-state index in [1.165, 1.54) is 0 Å². The molecule has 1 aromatic carbocycles. The number of benzene rings is 1. The van der Waals surface area contributed by atoms with E-state index in [2.05, 4.69) is 15.3 Å². The molecule has 0 saturated carbocycles. The first-order chi connectivity index (χ1) is 9.24. The van der Waals surface area contributed by atoms with Gasteiger partial charge in [0.15, 0.2) is 5.15 Å². The maximum atomic E-state index is 12.1. The first-order valence-electron chi connectivity index (χ1n) is 5.73. The summed E-state index contributed by atoms with van der Waals surface area (Å²) >= 11 is 5.90. The van der Waals surface area contributed by atoms with Crippen LogP contribution in [0.15, 0.2) is 48.7 Å². The Kier molecular flexibility index (Phi) is 2.93. The number of aromatic amines is 1. The summed E-state index contributed by atoms with van der Waals surface area (Å²) in [7, 11) is 0. The topological polar surface area (TPSA) is 57.8 Å². The third-order valence-electron chi connectivity index (χ3n) is 2.78. The largest absolute Gasteiger partial charge is 0.351 e. The van der Waals surface area contributed by atoms with Gasteiger partial charge in [0.25, 0.3) is 5.91 Å². The molecule has 0 radical (unpaired) electrons. The van der Waals surface area contributed by atoms with Gasteiger partial charge in [-0.05, 0) is 24.3 Å². The number of anilines is 1. The molecule has 4 nitrogen and oxygen atoms in total. The molecule has 0 aliphatic carbocycles. The van der Waals surface area contributed by atoms with Gasteiger partial charge >= 0.3 is 0 Å². The molecule has 5 heteroatoms. The number of hydrogen-bond acceptors (Lipinski definition) is 2. The van der Waals surface area contributed by atoms with Crippen molar-refractivity contribution < 1.29 is 4.79 Å². The maximum Gasteiger partial charge on any atom is 0.272 e. The van der Waals surface area contributed by atoms with Gasteiger partial charge in [-0.2, -0.15) is 0 Å². The Morgan fingerprint density at radius 1 is 1.21 bits per heavy atom. The maximum absolute atomic E-state index is 12.1. The van der Waals surface area contributed by atoms with Gasteiger partial charge in [0.1, 0.15) is 5.69 Å². The highest BCUT2D eigenvalue weighted by atomic mass is 35.5. The van der Waals surface area contributed by atoms with E-state index >= 15 is 0 Å². The lowest BCUT2D eigenvalue weighted by Crippen LogP contribution is -2.12. The number of rotatable bonds is 2. The van der Waals surface area contributed by atoms with Crippen molar-refractivity contribution in [1.82, 2.24) is 9.97 Å². The van der Waals surface area contributed by atoms with E-state index in [0.717, 1.165) is 10.9 Å². The fraction of sp³-hybridized carbons (Fsp3) is 0. The highest BCUT2D eigenvalue weighted by Gasteiger charge is 2.11. The van der Waals surface area contributed by atoms with E-state index in [9.17, 15) is 4.79 Å². The lowest BCUT2D eigenvalue weighted by atomic mass is 10.2. The Bertz CT molecular complexity index is 718. The summed E-state index contributed by atoms with van der Waals surface area (Å²) in [5.74, 6) is -0.244. The van der Waals surface area contributed by atoms with Crippen molar-refractivity contribution in [2.24, 2.45) is 0 Å². The van der Waals surface area contributed by atoms with E-state index in [4.69, 9.17) is 11.6 Å². The summed E-state index contributed by atoms with van der Waals surface area (Å²) in [5, 5.41) is 3.98. The number of carbonyl (C=O) groups excluding carboxylic acids is 1. The normalized spacial score (nSPS) is 10.6. The number of amides is 1. The Morgan fingerprint density at radius 2 is 2.05 bits per heavy atom. The average Bonchev–Trinajstić information content (AvgIpc) is 2.85. The number of nitrogens with zero attached hydrogens (tertiary/aromatic N) is 1. The fourth-order valence-corrected chi connectivity index (χ4v) is 2.03. The van der Waals surface area contributed by atoms with Crippen LogP contribution in [0.4, 0.5) is 5.69 Å². The van der Waals surface area contributed by atoms with Gasteiger partial charge in [0.05, 0.1) is 5.69 Å². The predicted octanol–water partition coefficient (Wildman–Crippen LogP) is 3.47. The van der Waals surface area contributed by atoms with Gasteiger partial charge in [-0.25, -0.2) is 4.98 Å². The van der Waals surface area contributed by atoms with Crippen molar-refractivity contribution in [2.45, 2.75) is 0 Å². The van der Waals surface area contributed by atoms with Crippen LogP contribution >= 0.6 is 11.6 Å². The van der Waals surface area contributed by atoms with Crippen molar-refractivity contribution in [2.75, 3.05) is 5.32 Å². The zero-order valence-corrected chi connectivity index (χ0v) is 10.6. The number of para-hydroxylation sites is 1. The van der Waals surface area contributed by atoms with E-state index in [-0.39, 0.29) is 11.1 Å². The standard InChI is InChI=1S/C14H10ClN3O/c15-13-11(6-3-7-16-13)18-14(19)12-8-9-4-1-2-5-10(9)17-12/h1-8,17H,(H,18,19). The molecule has 3 aromatic rings. The van der Waals surface area contributed by atoms with Crippen molar-refractivity contribution in [3.05, 3.63) is 59.5 Å². The molecule has 2 N–H and O–H groups in total. The molecule has 0 atom stereocenters. The van der Waals surface area contributed by atoms with Gasteiger partial charge in [-0.15, -0.1) is 0 Å². The third-order valence-corrected chi connectivity index (χ3v) is 3.08. The summed E-state index contributed by atoms with van der Waals surface area (Å²) in [5.41, 5.74) is 1.90. The van der Waals surface area contributed by atoms with Gasteiger partial charge in [-0.3, -0.25) is 4.79 Å². The molecular formula is C14H10ClN3O. The zero-order valence-electron chi connectivity index (χ0n) is 9.85. The Morgan fingerprint density at radius 3 is 2.84 bits per heavy atom. The lowest BCUT2D eigenvalue weighted by Gasteiger charge is -2.04. The average molecular weight is 272 g/mol. The number of nitrogens with one attached hydrogen (secondary N) is 2. The van der Waals surface area contributed by atoms with E-state index < -0.39 is 0 Å². The summed E-state index contributed by atoms with van der Waals surface area (Å²) < 4.78 is 0. The van der Waals surface area contributed by atoms with E-state index in [0.29, 0.717) is 11.4 Å². The van der Waals surface area contributed by atoms with Crippen LogP contribution in [0.5, 0.6) is 0 Å². The molecule has 0 fully saturated rings. The number of carbonyl (C=O) groups is 1. The molecule has 3 rings (SSSR count). The van der Waals surface area contributed by atoms with Crippen LogP contribution in [0.1, 0.15) is 10.5 Å². The second-order valence-corrected chi connectivity index (χ2v) is 4.42. The number of hydrogen-bond donors (Lipinski definition) is 2. The highest BCUT2D eigenvalue weighted by Crippen LogP contribution is 2.20. The van der Waals surface area contributed by atoms with Crippen LogP contribution in [0.25, 0.3) is 10.9 Å². The molecular weight excluding hydrogens is 262 g/mol. The smallest absolute Gasteiger partial charge is 0.272 e. The Balaban J connectivity index is 1.90. The lowest BCUT2D eigenvalue weighted by molar-refractivity contribution is 0.102. The molecule has 94 valence electrons. The predicted molar refractivity (Wildman–Crippen MR) is 75.5 cm³/mol. The first kappa shape index (κ1) is 11.7. The summed E-state index contributed by atoms with van der Waals surface area (Å²) in [6.07, 6.45) is 1.57. The minimum absolute atomic E-state index is 0.244. The van der Waals surface area contributed by atoms with Crippen LogP contribution in [0.3, 0.4) is 0 Å². The summed E-state index contributed by atoms with van der Waals surface area (Å²) in [6.45, 7) is 0. The Labute approximate surface area is 114 Å². The zero-order chi connectivity index (χ0) is 13.2. The monoisotopic (exact) mass is 271 g/mol. The molecule has 2 heterocycles. The SMILES string of the molecule is O=C(Nc1cccnc1Cl)c1cc2ccccc2[nH]1. The summed E-state index contributed by atoms with van der Waals surface area (Å²) in [4.78, 5) is 19.1. The van der Waals surface area contributed by atoms with Gasteiger partial charge in [-0.1, -0.05) is 29.8 Å². The quantitative estimate of drug-likeness (QED) is 0.701. The third kappa shape index (κ3) is 2.30. The van der Waals surface area contributed by atoms with Crippen molar-refractivity contribution in [3.8, 4) is 0 Å². The van der Waals surface area contributed by atoms with Crippen LogP contribution < -0.4 is 5.32 Å². The molecule has 0 spiro atoms. The molecule has 19 heavy (non-hydrogen) atoms. The minimum Gasteiger partial charge on any atom is -0.351 e. The first-order valence-corrected chi connectivity index (χ1v) is 6.11.